The van der Waals surface area contributed by atoms with E-state index in [0.717, 1.165) is 28.3 Å². The summed E-state index contributed by atoms with van der Waals surface area (Å²) in [6.45, 7) is 3.11. The van der Waals surface area contributed by atoms with Gasteiger partial charge < -0.3 is 10.6 Å². The molecule has 1 aromatic heterocycles. The van der Waals surface area contributed by atoms with Crippen LogP contribution in [0.15, 0.2) is 75.6 Å². The molecule has 176 valence electrons. The number of nitrogens with zero attached hydrogens (tertiary/aromatic N) is 1. The Balaban J connectivity index is 1.43. The van der Waals surface area contributed by atoms with E-state index in [4.69, 9.17) is 0 Å². The first-order valence-corrected chi connectivity index (χ1v) is 13.0. The summed E-state index contributed by atoms with van der Waals surface area (Å²) in [7, 11) is -3.92. The molecule has 3 N–H and O–H groups in total. The maximum absolute atomic E-state index is 13.0. The van der Waals surface area contributed by atoms with Gasteiger partial charge in [-0.1, -0.05) is 17.8 Å². The molecule has 1 heterocycles. The molecule has 1 aliphatic carbocycles. The van der Waals surface area contributed by atoms with Crippen LogP contribution < -0.4 is 15.4 Å². The Kier molecular flexibility index (Phi) is 6.90. The minimum absolute atomic E-state index is 0.00355. The van der Waals surface area contributed by atoms with Crippen molar-refractivity contribution < 1.29 is 18.0 Å². The number of carbonyl (C=O) groups is 2. The van der Waals surface area contributed by atoms with Crippen LogP contribution in [-0.2, 0) is 14.8 Å². The summed E-state index contributed by atoms with van der Waals surface area (Å²) in [6.07, 6.45) is 3.61. The molecule has 2 amide bonds. The lowest BCUT2D eigenvalue weighted by Gasteiger charge is -2.13. The van der Waals surface area contributed by atoms with Crippen LogP contribution in [0.25, 0.3) is 0 Å². The van der Waals surface area contributed by atoms with Gasteiger partial charge in [0.15, 0.2) is 0 Å². The van der Waals surface area contributed by atoms with Gasteiger partial charge in [0.1, 0.15) is 9.92 Å². The normalized spacial score (nSPS) is 13.2. The van der Waals surface area contributed by atoms with Crippen LogP contribution in [0.5, 0.6) is 0 Å². The van der Waals surface area contributed by atoms with E-state index < -0.39 is 10.0 Å². The second-order valence-corrected chi connectivity index (χ2v) is 10.8. The first kappa shape index (κ1) is 23.8. The van der Waals surface area contributed by atoms with Crippen molar-refractivity contribution in [3.05, 3.63) is 71.9 Å². The molecule has 3 aromatic rings. The fourth-order valence-corrected chi connectivity index (χ4v) is 5.20. The van der Waals surface area contributed by atoms with Crippen molar-refractivity contribution in [2.75, 3.05) is 10.0 Å². The molecule has 2 aromatic carbocycles. The number of carbonyl (C=O) groups excluding carboxylic acids is 2. The van der Waals surface area contributed by atoms with E-state index >= 15 is 0 Å². The van der Waals surface area contributed by atoms with E-state index in [2.05, 4.69) is 20.3 Å². The minimum Gasteiger partial charge on any atom is -0.349 e. The second kappa shape index (κ2) is 9.86. The van der Waals surface area contributed by atoms with Gasteiger partial charge in [0, 0.05) is 29.7 Å². The number of amides is 2. The molecular formula is C24H24N4O4S2. The highest BCUT2D eigenvalue weighted by Gasteiger charge is 2.24. The third-order valence-electron chi connectivity index (χ3n) is 4.98. The predicted octanol–water partition coefficient (Wildman–Crippen LogP) is 4.19. The molecule has 34 heavy (non-hydrogen) atoms. The number of hydrogen-bond acceptors (Lipinski definition) is 6. The van der Waals surface area contributed by atoms with Crippen LogP contribution in [0.3, 0.4) is 0 Å². The van der Waals surface area contributed by atoms with Gasteiger partial charge >= 0.3 is 0 Å². The maximum atomic E-state index is 13.0. The van der Waals surface area contributed by atoms with Gasteiger partial charge in [0.05, 0.1) is 11.3 Å². The molecular weight excluding hydrogens is 472 g/mol. The molecule has 1 aliphatic rings. The Morgan fingerprint density at radius 1 is 1.03 bits per heavy atom. The highest BCUT2D eigenvalue weighted by Crippen LogP contribution is 2.29. The monoisotopic (exact) mass is 496 g/mol. The van der Waals surface area contributed by atoms with E-state index in [9.17, 15) is 18.0 Å². The van der Waals surface area contributed by atoms with Gasteiger partial charge in [-0.15, -0.1) is 0 Å². The van der Waals surface area contributed by atoms with Gasteiger partial charge in [0.2, 0.25) is 5.91 Å². The van der Waals surface area contributed by atoms with Gasteiger partial charge in [-0.2, -0.15) is 0 Å². The van der Waals surface area contributed by atoms with Crippen LogP contribution >= 0.6 is 11.8 Å². The summed E-state index contributed by atoms with van der Waals surface area (Å²) < 4.78 is 28.5. The molecule has 0 atom stereocenters. The fourth-order valence-electron chi connectivity index (χ4n) is 3.14. The maximum Gasteiger partial charge on any atom is 0.263 e. The van der Waals surface area contributed by atoms with Crippen molar-refractivity contribution in [2.24, 2.45) is 0 Å². The zero-order valence-corrected chi connectivity index (χ0v) is 20.3. The van der Waals surface area contributed by atoms with E-state index in [1.807, 2.05) is 0 Å². The Bertz CT molecular complexity index is 1320. The van der Waals surface area contributed by atoms with Crippen LogP contribution in [0.4, 0.5) is 11.4 Å². The molecule has 0 aliphatic heterocycles. The summed E-state index contributed by atoms with van der Waals surface area (Å²) in [6, 6.07) is 15.5. The highest BCUT2D eigenvalue weighted by molar-refractivity contribution is 7.99. The number of aromatic nitrogens is 1. The van der Waals surface area contributed by atoms with Crippen molar-refractivity contribution in [3.63, 3.8) is 0 Å². The van der Waals surface area contributed by atoms with E-state index in [-0.39, 0.29) is 22.4 Å². The van der Waals surface area contributed by atoms with Crippen LogP contribution in [0, 0.1) is 6.92 Å². The second-order valence-electron chi connectivity index (χ2n) is 8.05. The van der Waals surface area contributed by atoms with E-state index in [1.54, 1.807) is 61.7 Å². The van der Waals surface area contributed by atoms with E-state index in [0.29, 0.717) is 17.3 Å². The average Bonchev–Trinajstić information content (AvgIpc) is 3.60. The SMILES string of the molecule is CC(=O)Nc1ccc(C)cc1S(=O)(=O)Nc1ccc(Sc2ccc(C(=O)NC3CC3)cn2)cc1. The van der Waals surface area contributed by atoms with Crippen molar-refractivity contribution in [1.29, 1.82) is 0 Å². The van der Waals surface area contributed by atoms with Crippen molar-refractivity contribution in [2.45, 2.75) is 47.5 Å². The number of nitrogens with one attached hydrogen (secondary N) is 3. The van der Waals surface area contributed by atoms with Crippen LogP contribution in [-0.4, -0.2) is 31.3 Å². The number of hydrogen-bond donors (Lipinski definition) is 3. The highest BCUT2D eigenvalue weighted by atomic mass is 32.2. The zero-order valence-electron chi connectivity index (χ0n) is 18.7. The van der Waals surface area contributed by atoms with Crippen molar-refractivity contribution in [3.8, 4) is 0 Å². The molecule has 0 radical (unpaired) electrons. The summed E-state index contributed by atoms with van der Waals surface area (Å²) >= 11 is 1.40. The molecule has 1 saturated carbocycles. The molecule has 4 rings (SSSR count). The largest absolute Gasteiger partial charge is 0.349 e. The summed E-state index contributed by atoms with van der Waals surface area (Å²) in [5.74, 6) is -0.467. The molecule has 1 fully saturated rings. The molecule has 0 unspecified atom stereocenters. The van der Waals surface area contributed by atoms with Gasteiger partial charge in [-0.05, 0) is 73.9 Å². The fraction of sp³-hybridized carbons (Fsp3) is 0.208. The third kappa shape index (κ3) is 6.15. The number of aryl methyl sites for hydroxylation is 1. The van der Waals surface area contributed by atoms with Gasteiger partial charge in [0.25, 0.3) is 15.9 Å². The number of rotatable bonds is 8. The summed E-state index contributed by atoms with van der Waals surface area (Å²) in [4.78, 5) is 28.7. The minimum atomic E-state index is -3.92. The number of anilines is 2. The Morgan fingerprint density at radius 3 is 2.38 bits per heavy atom. The van der Waals surface area contributed by atoms with Crippen LogP contribution in [0.2, 0.25) is 0 Å². The third-order valence-corrected chi connectivity index (χ3v) is 7.36. The summed E-state index contributed by atoms with van der Waals surface area (Å²) in [5.41, 5.74) is 1.89. The molecule has 0 bridgehead atoms. The molecule has 0 saturated heterocycles. The predicted molar refractivity (Wildman–Crippen MR) is 132 cm³/mol. The topological polar surface area (TPSA) is 117 Å². The van der Waals surface area contributed by atoms with Crippen molar-refractivity contribution in [1.82, 2.24) is 10.3 Å². The lowest BCUT2D eigenvalue weighted by Crippen LogP contribution is -2.25. The standard InChI is InChI=1S/C24H24N4O4S2/c1-15-3-11-21(26-16(2)29)22(13-15)34(31,32)28-19-7-9-20(10-8-19)33-23-12-4-17(14-25-23)24(30)27-18-5-6-18/h3-4,7-14,18,28H,5-6H2,1-2H3,(H,26,29)(H,27,30). The van der Waals surface area contributed by atoms with Crippen LogP contribution in [0.1, 0.15) is 35.7 Å². The average molecular weight is 497 g/mol. The summed E-state index contributed by atoms with van der Waals surface area (Å²) in [5, 5.41) is 6.21. The number of benzene rings is 2. The molecule has 0 spiro atoms. The quantitative estimate of drug-likeness (QED) is 0.430. The van der Waals surface area contributed by atoms with E-state index in [1.165, 1.54) is 24.8 Å². The lowest BCUT2D eigenvalue weighted by atomic mass is 10.2. The van der Waals surface area contributed by atoms with Crippen molar-refractivity contribution >= 4 is 45.0 Å². The zero-order chi connectivity index (χ0) is 24.3. The Labute approximate surface area is 202 Å². The van der Waals surface area contributed by atoms with Gasteiger partial charge in [-0.3, -0.25) is 14.3 Å². The van der Waals surface area contributed by atoms with Gasteiger partial charge in [-0.25, -0.2) is 13.4 Å². The molecule has 10 heteroatoms. The first-order chi connectivity index (χ1) is 16.2. The number of sulfonamides is 1. The Morgan fingerprint density at radius 2 is 1.76 bits per heavy atom. The Hall–Kier alpha value is -3.37. The molecule has 8 nitrogen and oxygen atoms in total. The lowest BCUT2D eigenvalue weighted by molar-refractivity contribution is -0.114. The smallest absolute Gasteiger partial charge is 0.263 e. The number of pyridine rings is 1. The first-order valence-electron chi connectivity index (χ1n) is 10.7.